The average molecular weight is 331 g/mol. The normalized spacial score (nSPS) is 12.8. The molecule has 0 bridgehead atoms. The fourth-order valence-corrected chi connectivity index (χ4v) is 0.327. The van der Waals surface area contributed by atoms with E-state index >= 15 is 0 Å². The molecule has 8 heteroatoms. The van der Waals surface area contributed by atoms with Crippen molar-refractivity contribution >= 4 is 37.8 Å². The zero-order chi connectivity index (χ0) is 11.1. The van der Waals surface area contributed by atoms with Gasteiger partial charge in [0.15, 0.2) is 0 Å². The molecule has 0 amide bonds. The molecule has 0 radical (unpaired) electrons. The van der Waals surface area contributed by atoms with E-state index in [9.17, 15) is 13.2 Å². The van der Waals surface area contributed by atoms with Gasteiger partial charge in [-0.15, -0.1) is 0 Å². The van der Waals surface area contributed by atoms with Crippen molar-refractivity contribution in [2.24, 2.45) is 5.73 Å². The van der Waals surface area contributed by atoms with Crippen LogP contribution in [0.25, 0.3) is 0 Å². The molecule has 0 heterocycles. The highest BCUT2D eigenvalue weighted by atomic mass is 79.9. The molecule has 0 aliphatic heterocycles. The van der Waals surface area contributed by atoms with Gasteiger partial charge in [-0.25, -0.2) is 4.79 Å². The van der Waals surface area contributed by atoms with Crippen LogP contribution in [0.2, 0.25) is 0 Å². The number of alkyl halides is 5. The van der Waals surface area contributed by atoms with Gasteiger partial charge in [-0.3, -0.25) is 0 Å². The molecule has 3 nitrogen and oxygen atoms in total. The molecule has 0 saturated carbocycles. The summed E-state index contributed by atoms with van der Waals surface area (Å²) >= 11 is 6.55. The predicted molar refractivity (Wildman–Crippen MR) is 49.3 cm³/mol. The van der Waals surface area contributed by atoms with E-state index in [1.165, 1.54) is 0 Å². The molecule has 0 rings (SSSR count). The number of carboxylic acid groups (broad SMARTS) is 1. The second-order valence-electron chi connectivity index (χ2n) is 1.79. The number of halogens is 5. The molecule has 0 spiro atoms. The summed E-state index contributed by atoms with van der Waals surface area (Å²) in [4.78, 5) is 9.34. The summed E-state index contributed by atoms with van der Waals surface area (Å²) < 4.78 is 31.7. The van der Waals surface area contributed by atoms with Crippen LogP contribution < -0.4 is 5.73 Å². The van der Waals surface area contributed by atoms with Gasteiger partial charge in [-0.2, -0.15) is 13.2 Å². The Bertz CT molecular complexity index is 149. The van der Waals surface area contributed by atoms with E-state index in [0.717, 1.165) is 5.33 Å². The number of rotatable bonds is 2. The molecule has 80 valence electrons. The molecule has 3 N–H and O–H groups in total. The maximum Gasteiger partial charge on any atom is 0.490 e. The number of hydrogen-bond acceptors (Lipinski definition) is 2. The molecule has 0 aromatic carbocycles. The van der Waals surface area contributed by atoms with Crippen LogP contribution in [0.15, 0.2) is 0 Å². The summed E-state index contributed by atoms with van der Waals surface area (Å²) in [6.07, 6.45) is -5.08. The number of hydrogen-bond donors (Lipinski definition) is 2. The maximum atomic E-state index is 10.6. The lowest BCUT2D eigenvalue weighted by Crippen LogP contribution is -2.21. The topological polar surface area (TPSA) is 63.3 Å². The Hall–Kier alpha value is 0.180. The quantitative estimate of drug-likeness (QED) is 0.758. The minimum absolute atomic E-state index is 0.442. The number of aliphatic carboxylic acids is 1. The summed E-state index contributed by atoms with van der Waals surface area (Å²) in [6.45, 7) is 0.700. The highest BCUT2D eigenvalue weighted by Gasteiger charge is 2.38. The summed E-state index contributed by atoms with van der Waals surface area (Å²) in [5.74, 6) is -2.76. The van der Waals surface area contributed by atoms with Crippen molar-refractivity contribution < 1.29 is 23.1 Å². The molecule has 0 fully saturated rings. The van der Waals surface area contributed by atoms with Gasteiger partial charge in [-0.05, 0) is 0 Å². The fraction of sp³-hybridized carbons (Fsp3) is 0.800. The first-order valence-corrected chi connectivity index (χ1v) is 4.99. The monoisotopic (exact) mass is 329 g/mol. The Balaban J connectivity index is 0. The van der Waals surface area contributed by atoms with Gasteiger partial charge in [0.1, 0.15) is 0 Å². The van der Waals surface area contributed by atoms with Gasteiger partial charge in [0.2, 0.25) is 0 Å². The molecular formula is C5H8Br2F3NO2. The van der Waals surface area contributed by atoms with E-state index < -0.39 is 12.1 Å². The minimum Gasteiger partial charge on any atom is -0.475 e. The standard InChI is InChI=1S/C3H7Br2N.C2HF3O2/c4-1-3(5)2-6;3-2(4,5)1(6)7/h3H,1-2,6H2;(H,6,7). The van der Waals surface area contributed by atoms with Gasteiger partial charge in [0, 0.05) is 16.7 Å². The zero-order valence-electron chi connectivity index (χ0n) is 6.31. The van der Waals surface area contributed by atoms with Crippen molar-refractivity contribution in [3.05, 3.63) is 0 Å². The van der Waals surface area contributed by atoms with Crippen LogP contribution in [0.5, 0.6) is 0 Å². The van der Waals surface area contributed by atoms with Crippen molar-refractivity contribution in [1.82, 2.24) is 0 Å². The zero-order valence-corrected chi connectivity index (χ0v) is 9.49. The molecular weight excluding hydrogens is 323 g/mol. The van der Waals surface area contributed by atoms with Gasteiger partial charge in [-0.1, -0.05) is 31.9 Å². The van der Waals surface area contributed by atoms with Crippen LogP contribution in [-0.2, 0) is 4.79 Å². The Kier molecular flexibility index (Phi) is 9.11. The van der Waals surface area contributed by atoms with E-state index in [0.29, 0.717) is 11.4 Å². The third-order valence-electron chi connectivity index (χ3n) is 0.666. The molecule has 1 unspecified atom stereocenters. The highest BCUT2D eigenvalue weighted by Crippen LogP contribution is 2.13. The summed E-state index contributed by atoms with van der Waals surface area (Å²) in [6, 6.07) is 0. The maximum absolute atomic E-state index is 10.6. The van der Waals surface area contributed by atoms with Gasteiger partial charge in [0.25, 0.3) is 0 Å². The van der Waals surface area contributed by atoms with Gasteiger partial charge >= 0.3 is 12.1 Å². The fourth-order valence-electron chi connectivity index (χ4n) is 0.0630. The average Bonchev–Trinajstić information content (AvgIpc) is 2.02. The number of nitrogens with two attached hydrogens (primary N) is 1. The van der Waals surface area contributed by atoms with Crippen molar-refractivity contribution in [1.29, 1.82) is 0 Å². The summed E-state index contributed by atoms with van der Waals surface area (Å²) in [5, 5.41) is 8.06. The van der Waals surface area contributed by atoms with E-state index in [4.69, 9.17) is 15.6 Å². The number of carbonyl (C=O) groups is 1. The van der Waals surface area contributed by atoms with Crippen LogP contribution in [0.4, 0.5) is 13.2 Å². The predicted octanol–water partition coefficient (Wildman–Crippen LogP) is 1.74. The second kappa shape index (κ2) is 7.57. The Morgan fingerprint density at radius 3 is 1.85 bits per heavy atom. The van der Waals surface area contributed by atoms with Gasteiger partial charge in [0.05, 0.1) is 0 Å². The summed E-state index contributed by atoms with van der Waals surface area (Å²) in [7, 11) is 0. The summed E-state index contributed by atoms with van der Waals surface area (Å²) in [5.41, 5.74) is 5.21. The molecule has 13 heavy (non-hydrogen) atoms. The molecule has 0 aliphatic rings. The van der Waals surface area contributed by atoms with Crippen LogP contribution >= 0.6 is 31.9 Å². The van der Waals surface area contributed by atoms with Crippen LogP contribution in [0.1, 0.15) is 0 Å². The van der Waals surface area contributed by atoms with E-state index in [-0.39, 0.29) is 0 Å². The molecule has 0 saturated heterocycles. The Labute approximate surface area is 89.7 Å². The van der Waals surface area contributed by atoms with Gasteiger partial charge < -0.3 is 10.8 Å². The number of carboxylic acids is 1. The minimum atomic E-state index is -5.08. The smallest absolute Gasteiger partial charge is 0.475 e. The third kappa shape index (κ3) is 12.2. The lowest BCUT2D eigenvalue weighted by molar-refractivity contribution is -0.192. The highest BCUT2D eigenvalue weighted by molar-refractivity contribution is 9.12. The molecule has 1 atom stereocenters. The Morgan fingerprint density at radius 1 is 1.54 bits per heavy atom. The first-order valence-electron chi connectivity index (χ1n) is 2.95. The van der Waals surface area contributed by atoms with E-state index in [1.54, 1.807) is 0 Å². The van der Waals surface area contributed by atoms with Crippen molar-refractivity contribution in [2.75, 3.05) is 11.9 Å². The molecule has 0 aromatic heterocycles. The largest absolute Gasteiger partial charge is 0.490 e. The van der Waals surface area contributed by atoms with Crippen LogP contribution in [0, 0.1) is 0 Å². The van der Waals surface area contributed by atoms with Crippen molar-refractivity contribution in [3.8, 4) is 0 Å². The lowest BCUT2D eigenvalue weighted by Gasteiger charge is -1.95. The van der Waals surface area contributed by atoms with E-state index in [2.05, 4.69) is 31.9 Å². The SMILES string of the molecule is NCC(Br)CBr.O=C(O)C(F)(F)F. The third-order valence-corrected chi connectivity index (χ3v) is 3.01. The van der Waals surface area contributed by atoms with Crippen molar-refractivity contribution in [3.63, 3.8) is 0 Å². The molecule has 0 aromatic rings. The van der Waals surface area contributed by atoms with Crippen molar-refractivity contribution in [2.45, 2.75) is 11.0 Å². The Morgan fingerprint density at radius 2 is 1.85 bits per heavy atom. The van der Waals surface area contributed by atoms with E-state index in [1.807, 2.05) is 0 Å². The lowest BCUT2D eigenvalue weighted by atomic mass is 10.5. The first-order chi connectivity index (χ1) is 5.75. The van der Waals surface area contributed by atoms with Crippen LogP contribution in [-0.4, -0.2) is 34.0 Å². The molecule has 0 aliphatic carbocycles. The second-order valence-corrected chi connectivity index (χ2v) is 3.73. The first kappa shape index (κ1) is 15.6. The van der Waals surface area contributed by atoms with Crippen LogP contribution in [0.3, 0.4) is 0 Å².